The zero-order chi connectivity index (χ0) is 30.1. The molecule has 1 unspecified atom stereocenters. The van der Waals surface area contributed by atoms with Crippen molar-refractivity contribution in [2.75, 3.05) is 0 Å². The number of benzene rings is 2. The van der Waals surface area contributed by atoms with E-state index in [4.69, 9.17) is 13.9 Å². The van der Waals surface area contributed by atoms with Crippen molar-refractivity contribution in [1.29, 1.82) is 0 Å². The fraction of sp³-hybridized carbons (Fsp3) is 0.222. The second-order valence-corrected chi connectivity index (χ2v) is 9.09. The van der Waals surface area contributed by atoms with Gasteiger partial charge in [-0.25, -0.2) is 4.98 Å². The molecule has 0 fully saturated rings. The lowest BCUT2D eigenvalue weighted by Crippen LogP contribution is -2.45. The van der Waals surface area contributed by atoms with E-state index < -0.39 is 70.5 Å². The van der Waals surface area contributed by atoms with Gasteiger partial charge in [-0.1, -0.05) is 54.6 Å². The van der Waals surface area contributed by atoms with Gasteiger partial charge in [0.15, 0.2) is 0 Å². The summed E-state index contributed by atoms with van der Waals surface area (Å²) < 4.78 is 102. The minimum absolute atomic E-state index is 0.119. The maximum Gasteiger partial charge on any atom is 0.426 e. The summed E-state index contributed by atoms with van der Waals surface area (Å²) in [6.45, 7) is -0.527. The van der Waals surface area contributed by atoms with Crippen molar-refractivity contribution in [3.63, 3.8) is 0 Å². The third-order valence-electron chi connectivity index (χ3n) is 6.27. The van der Waals surface area contributed by atoms with E-state index in [1.165, 1.54) is 30.4 Å². The largest absolute Gasteiger partial charge is 0.438 e. The Balaban J connectivity index is 1.73. The Morgan fingerprint density at radius 1 is 1.00 bits per heavy atom. The number of hydrogen-bond acceptors (Lipinski definition) is 8. The average molecular weight is 592 g/mol. The number of fused-ring (bicyclic) bond motifs is 7. The number of halogens is 6. The lowest BCUT2D eigenvalue weighted by molar-refractivity contribution is -0.384. The van der Waals surface area contributed by atoms with Gasteiger partial charge in [0.2, 0.25) is 17.2 Å². The summed E-state index contributed by atoms with van der Waals surface area (Å²) in [5.74, 6) is -3.28. The van der Waals surface area contributed by atoms with Crippen LogP contribution in [0, 0.1) is 10.1 Å². The van der Waals surface area contributed by atoms with E-state index in [1.54, 1.807) is 36.4 Å². The van der Waals surface area contributed by atoms with Crippen molar-refractivity contribution < 1.29 is 45.2 Å². The minimum Gasteiger partial charge on any atom is -0.438 e. The van der Waals surface area contributed by atoms with E-state index in [2.05, 4.69) is 15.2 Å². The van der Waals surface area contributed by atoms with Crippen molar-refractivity contribution >= 4 is 11.8 Å². The molecule has 0 spiro atoms. The van der Waals surface area contributed by atoms with Crippen molar-refractivity contribution in [3.8, 4) is 23.2 Å². The van der Waals surface area contributed by atoms with E-state index in [-0.39, 0.29) is 18.2 Å². The Hall–Kier alpha value is -4.79. The molecule has 1 aliphatic heterocycles. The van der Waals surface area contributed by atoms with Gasteiger partial charge in [0.25, 0.3) is 11.8 Å². The molecule has 0 amide bonds. The quantitative estimate of drug-likeness (QED) is 0.135. The number of aromatic nitrogens is 3. The molecule has 9 nitrogen and oxygen atoms in total. The summed E-state index contributed by atoms with van der Waals surface area (Å²) in [6.07, 6.45) is -8.40. The summed E-state index contributed by atoms with van der Waals surface area (Å²) in [6, 6.07) is 13.7. The Morgan fingerprint density at radius 2 is 1.76 bits per heavy atom. The highest BCUT2D eigenvalue weighted by Crippen LogP contribution is 2.48. The number of pyridine rings is 1. The molecule has 1 atom stereocenters. The summed E-state index contributed by atoms with van der Waals surface area (Å²) in [4.78, 5) is 14.2. The molecule has 5 rings (SSSR count). The van der Waals surface area contributed by atoms with Gasteiger partial charge in [0.05, 0.1) is 11.5 Å². The number of rotatable bonds is 4. The van der Waals surface area contributed by atoms with Crippen LogP contribution < -0.4 is 4.74 Å². The molecule has 0 saturated heterocycles. The maximum atomic E-state index is 14.8. The van der Waals surface area contributed by atoms with E-state index in [1.807, 2.05) is 0 Å². The van der Waals surface area contributed by atoms with Gasteiger partial charge in [-0.2, -0.15) is 26.3 Å². The van der Waals surface area contributed by atoms with Crippen molar-refractivity contribution in [2.24, 2.45) is 0 Å². The predicted octanol–water partition coefficient (Wildman–Crippen LogP) is 7.63. The van der Waals surface area contributed by atoms with Crippen LogP contribution in [-0.2, 0) is 23.1 Å². The number of ether oxygens (including phenoxy) is 2. The van der Waals surface area contributed by atoms with Gasteiger partial charge < -0.3 is 13.9 Å². The molecular formula is C27H18F6N4O5. The fourth-order valence-corrected chi connectivity index (χ4v) is 4.21. The SMILES string of the molecule is O=[N+]([O-])c1cc(C(F)(F)F)c2nc1-c1nnc(o1)C(OCc1ccccc1)(C(F)(F)F)CC/C=C/c1cccc(c1)O2. The molecule has 0 saturated carbocycles. The average Bonchev–Trinajstić information content (AvgIpc) is 3.42. The lowest BCUT2D eigenvalue weighted by Gasteiger charge is -2.32. The number of hydrogen-bond donors (Lipinski definition) is 0. The number of allylic oxidation sites excluding steroid dienone is 1. The molecule has 0 radical (unpaired) electrons. The highest BCUT2D eigenvalue weighted by atomic mass is 19.4. The van der Waals surface area contributed by atoms with Gasteiger partial charge in [-0.3, -0.25) is 10.1 Å². The minimum atomic E-state index is -5.15. The van der Waals surface area contributed by atoms with Gasteiger partial charge in [-0.05, 0) is 36.1 Å². The molecule has 4 aromatic rings. The smallest absolute Gasteiger partial charge is 0.426 e. The highest BCUT2D eigenvalue weighted by molar-refractivity contribution is 5.65. The van der Waals surface area contributed by atoms with Gasteiger partial charge in [0, 0.05) is 6.07 Å². The molecule has 0 N–H and O–H groups in total. The van der Waals surface area contributed by atoms with Crippen LogP contribution in [0.3, 0.4) is 0 Å². The zero-order valence-electron chi connectivity index (χ0n) is 21.1. The molecule has 3 heterocycles. The molecule has 2 aromatic heterocycles. The summed E-state index contributed by atoms with van der Waals surface area (Å²) in [5, 5.41) is 18.8. The summed E-state index contributed by atoms with van der Waals surface area (Å²) >= 11 is 0. The number of nitrogens with zero attached hydrogens (tertiary/aromatic N) is 4. The van der Waals surface area contributed by atoms with Crippen LogP contribution in [0.15, 0.2) is 71.2 Å². The molecule has 6 bridgehead atoms. The van der Waals surface area contributed by atoms with Crippen molar-refractivity contribution in [2.45, 2.75) is 37.4 Å². The van der Waals surface area contributed by atoms with Crippen LogP contribution >= 0.6 is 0 Å². The van der Waals surface area contributed by atoms with Crippen LogP contribution in [0.2, 0.25) is 0 Å². The lowest BCUT2D eigenvalue weighted by atomic mass is 9.95. The van der Waals surface area contributed by atoms with E-state index >= 15 is 0 Å². The zero-order valence-corrected chi connectivity index (χ0v) is 21.1. The molecule has 2 aromatic carbocycles. The first-order chi connectivity index (χ1) is 19.9. The fourth-order valence-electron chi connectivity index (χ4n) is 4.21. The molecule has 0 aliphatic carbocycles. The Morgan fingerprint density at radius 3 is 2.45 bits per heavy atom. The van der Waals surface area contributed by atoms with E-state index in [9.17, 15) is 36.5 Å². The Bertz CT molecular complexity index is 1640. The van der Waals surface area contributed by atoms with E-state index in [0.717, 1.165) is 0 Å². The van der Waals surface area contributed by atoms with Gasteiger partial charge >= 0.3 is 18.0 Å². The molecule has 1 aliphatic rings. The number of nitro groups is 1. The van der Waals surface area contributed by atoms with Crippen LogP contribution in [-0.4, -0.2) is 26.3 Å². The van der Waals surface area contributed by atoms with E-state index in [0.29, 0.717) is 11.1 Å². The maximum absolute atomic E-state index is 14.8. The monoisotopic (exact) mass is 592 g/mol. The van der Waals surface area contributed by atoms with Crippen molar-refractivity contribution in [3.05, 3.63) is 99.4 Å². The first-order valence-corrected chi connectivity index (χ1v) is 12.2. The molecule has 42 heavy (non-hydrogen) atoms. The second kappa shape index (κ2) is 10.9. The normalized spacial score (nSPS) is 18.0. The second-order valence-electron chi connectivity index (χ2n) is 9.09. The first kappa shape index (κ1) is 28.7. The van der Waals surface area contributed by atoms with Gasteiger partial charge in [-0.15, -0.1) is 10.2 Å². The standard InChI is InChI=1S/C27H18F6N4O5/c28-26(29,30)19-14-20(37(38)39)21-23-35-36-24(42-23)25(27(31,32)33,40-15-17-8-2-1-3-9-17)12-5-4-7-16-10-6-11-18(13-16)41-22(19)34-21/h1-4,6-11,13-14H,5,12,15H2/b7-4+. The van der Waals surface area contributed by atoms with Crippen LogP contribution in [0.1, 0.15) is 35.4 Å². The third kappa shape index (κ3) is 5.68. The Labute approximate surface area is 232 Å². The summed E-state index contributed by atoms with van der Waals surface area (Å²) in [7, 11) is 0. The van der Waals surface area contributed by atoms with Crippen LogP contribution in [0.25, 0.3) is 17.7 Å². The van der Waals surface area contributed by atoms with Crippen LogP contribution in [0.4, 0.5) is 32.0 Å². The molecule has 15 heteroatoms. The van der Waals surface area contributed by atoms with Crippen LogP contribution in [0.5, 0.6) is 11.6 Å². The Kier molecular flexibility index (Phi) is 7.45. The van der Waals surface area contributed by atoms with Gasteiger partial charge in [0.1, 0.15) is 11.3 Å². The topological polar surface area (TPSA) is 113 Å². The highest BCUT2D eigenvalue weighted by Gasteiger charge is 2.61. The summed E-state index contributed by atoms with van der Waals surface area (Å²) in [5.41, 5.74) is -6.18. The number of alkyl halides is 6. The first-order valence-electron chi connectivity index (χ1n) is 12.2. The molecule has 218 valence electrons. The third-order valence-corrected chi connectivity index (χ3v) is 6.27. The molecular weight excluding hydrogens is 574 g/mol. The predicted molar refractivity (Wildman–Crippen MR) is 133 cm³/mol. The van der Waals surface area contributed by atoms with Crippen molar-refractivity contribution in [1.82, 2.24) is 15.2 Å².